The van der Waals surface area contributed by atoms with Crippen molar-refractivity contribution in [2.45, 2.75) is 31.1 Å². The van der Waals surface area contributed by atoms with Crippen LogP contribution >= 0.6 is 0 Å². The third-order valence-corrected chi connectivity index (χ3v) is 5.56. The van der Waals surface area contributed by atoms with Crippen molar-refractivity contribution in [3.05, 3.63) is 24.3 Å². The number of nitrogens with zero attached hydrogens (tertiary/aromatic N) is 1. The molecule has 22 heavy (non-hydrogen) atoms. The average Bonchev–Trinajstić information content (AvgIpc) is 2.47. The Labute approximate surface area is 130 Å². The lowest BCUT2D eigenvalue weighted by Gasteiger charge is -2.31. The molecule has 1 aromatic rings. The summed E-state index contributed by atoms with van der Waals surface area (Å²) in [7, 11) is -3.61. The first-order chi connectivity index (χ1) is 10.4. The van der Waals surface area contributed by atoms with Crippen LogP contribution in [0, 0.1) is 5.92 Å². The van der Waals surface area contributed by atoms with Crippen LogP contribution in [0.1, 0.15) is 26.2 Å². The van der Waals surface area contributed by atoms with Crippen LogP contribution in [-0.2, 0) is 14.8 Å². The summed E-state index contributed by atoms with van der Waals surface area (Å²) in [4.78, 5) is 11.0. The van der Waals surface area contributed by atoms with Crippen molar-refractivity contribution in [3.63, 3.8) is 0 Å². The van der Waals surface area contributed by atoms with Crippen molar-refractivity contribution in [3.8, 4) is 5.75 Å². The molecule has 0 aromatic heterocycles. The fraction of sp³-hybridized carbons (Fsp3) is 0.533. The second kappa shape index (κ2) is 7.11. The van der Waals surface area contributed by atoms with Crippen molar-refractivity contribution in [2.75, 3.05) is 19.7 Å². The van der Waals surface area contributed by atoms with Crippen LogP contribution in [0.2, 0.25) is 0 Å². The van der Waals surface area contributed by atoms with E-state index in [2.05, 4.69) is 0 Å². The molecule has 1 heterocycles. The zero-order chi connectivity index (χ0) is 16.2. The molecule has 0 unspecified atom stereocenters. The first-order valence-corrected chi connectivity index (χ1v) is 8.82. The molecule has 1 aromatic carbocycles. The number of hydrogen-bond acceptors (Lipinski definition) is 4. The van der Waals surface area contributed by atoms with Gasteiger partial charge in [0, 0.05) is 25.6 Å². The summed E-state index contributed by atoms with van der Waals surface area (Å²) in [6, 6.07) is 6.42. The highest BCUT2D eigenvalue weighted by Crippen LogP contribution is 2.27. The number of benzene rings is 1. The molecule has 2 rings (SSSR count). The number of ether oxygens (including phenoxy) is 1. The van der Waals surface area contributed by atoms with E-state index in [0.717, 1.165) is 6.42 Å². The van der Waals surface area contributed by atoms with Gasteiger partial charge >= 0.3 is 5.97 Å². The van der Waals surface area contributed by atoms with Gasteiger partial charge in [-0.2, -0.15) is 4.31 Å². The highest BCUT2D eigenvalue weighted by molar-refractivity contribution is 7.89. The lowest BCUT2D eigenvalue weighted by atomic mass is 9.96. The van der Waals surface area contributed by atoms with E-state index < -0.39 is 16.0 Å². The van der Waals surface area contributed by atoms with Crippen LogP contribution in [0.15, 0.2) is 29.2 Å². The normalized spacial score (nSPS) is 19.8. The predicted octanol–water partition coefficient (Wildman–Crippen LogP) is 1.96. The van der Waals surface area contributed by atoms with E-state index in [4.69, 9.17) is 9.84 Å². The molecule has 1 aliphatic rings. The fourth-order valence-corrected chi connectivity index (χ4v) is 4.29. The first-order valence-electron chi connectivity index (χ1n) is 7.38. The van der Waals surface area contributed by atoms with E-state index in [1.54, 1.807) is 18.2 Å². The van der Waals surface area contributed by atoms with E-state index in [9.17, 15) is 13.2 Å². The second-order valence-corrected chi connectivity index (χ2v) is 7.31. The Kier molecular flexibility index (Phi) is 5.42. The van der Waals surface area contributed by atoms with Gasteiger partial charge < -0.3 is 9.84 Å². The molecule has 0 bridgehead atoms. The zero-order valence-electron chi connectivity index (χ0n) is 12.6. The maximum absolute atomic E-state index is 12.7. The van der Waals surface area contributed by atoms with Gasteiger partial charge in [0.05, 0.1) is 11.5 Å². The Bertz CT molecular complexity index is 629. The zero-order valence-corrected chi connectivity index (χ0v) is 13.4. The lowest BCUT2D eigenvalue weighted by Crippen LogP contribution is -2.40. The molecule has 1 N–H and O–H groups in total. The number of rotatable bonds is 6. The molecule has 0 aliphatic carbocycles. The molecule has 0 amide bonds. The van der Waals surface area contributed by atoms with Crippen LogP contribution in [0.3, 0.4) is 0 Å². The number of carboxylic acid groups (broad SMARTS) is 1. The number of carboxylic acids is 1. The van der Waals surface area contributed by atoms with Gasteiger partial charge in [0.25, 0.3) is 0 Å². The van der Waals surface area contributed by atoms with Gasteiger partial charge in [0.15, 0.2) is 0 Å². The SMILES string of the molecule is CCOc1cccc(S(=O)(=O)N2CCC[C@H](CC(=O)O)C2)c1. The van der Waals surface area contributed by atoms with E-state index in [1.807, 2.05) is 6.92 Å². The molecule has 1 aliphatic heterocycles. The lowest BCUT2D eigenvalue weighted by molar-refractivity contribution is -0.138. The largest absolute Gasteiger partial charge is 0.494 e. The molecule has 0 radical (unpaired) electrons. The maximum atomic E-state index is 12.7. The summed E-state index contributed by atoms with van der Waals surface area (Å²) in [6.07, 6.45) is 1.44. The van der Waals surface area contributed by atoms with E-state index in [1.165, 1.54) is 10.4 Å². The van der Waals surface area contributed by atoms with Gasteiger partial charge in [-0.15, -0.1) is 0 Å². The van der Waals surface area contributed by atoms with Crippen LogP contribution < -0.4 is 4.74 Å². The van der Waals surface area contributed by atoms with Gasteiger partial charge in [0.2, 0.25) is 10.0 Å². The third-order valence-electron chi connectivity index (χ3n) is 3.70. The molecular weight excluding hydrogens is 306 g/mol. The van der Waals surface area contributed by atoms with Crippen molar-refractivity contribution in [1.29, 1.82) is 0 Å². The van der Waals surface area contributed by atoms with Crippen molar-refractivity contribution in [2.24, 2.45) is 5.92 Å². The van der Waals surface area contributed by atoms with Gasteiger partial charge in [-0.05, 0) is 37.8 Å². The van der Waals surface area contributed by atoms with Gasteiger partial charge in [-0.1, -0.05) is 6.07 Å². The molecule has 122 valence electrons. The predicted molar refractivity (Wildman–Crippen MR) is 81.3 cm³/mol. The average molecular weight is 327 g/mol. The Balaban J connectivity index is 2.18. The van der Waals surface area contributed by atoms with Crippen LogP contribution in [-0.4, -0.2) is 43.5 Å². The first kappa shape index (κ1) is 16.8. The van der Waals surface area contributed by atoms with Gasteiger partial charge in [-0.3, -0.25) is 4.79 Å². The van der Waals surface area contributed by atoms with Crippen LogP contribution in [0.4, 0.5) is 0 Å². The molecule has 0 saturated carbocycles. The maximum Gasteiger partial charge on any atom is 0.303 e. The molecular formula is C15H21NO5S. The van der Waals surface area contributed by atoms with E-state index in [-0.39, 0.29) is 23.8 Å². The molecule has 1 atom stereocenters. The molecule has 1 fully saturated rings. The monoisotopic (exact) mass is 327 g/mol. The van der Waals surface area contributed by atoms with Gasteiger partial charge in [0.1, 0.15) is 5.75 Å². The topological polar surface area (TPSA) is 83.9 Å². The minimum Gasteiger partial charge on any atom is -0.494 e. The summed E-state index contributed by atoms with van der Waals surface area (Å²) in [6.45, 7) is 2.99. The Hall–Kier alpha value is -1.60. The number of carbonyl (C=O) groups is 1. The van der Waals surface area contributed by atoms with E-state index >= 15 is 0 Å². The number of sulfonamides is 1. The fourth-order valence-electron chi connectivity index (χ4n) is 2.70. The summed E-state index contributed by atoms with van der Waals surface area (Å²) in [5, 5.41) is 8.88. The molecule has 7 heteroatoms. The minimum atomic E-state index is -3.61. The Morgan fingerprint density at radius 3 is 2.91 bits per heavy atom. The highest BCUT2D eigenvalue weighted by Gasteiger charge is 2.31. The number of piperidine rings is 1. The Morgan fingerprint density at radius 1 is 1.45 bits per heavy atom. The number of aliphatic carboxylic acids is 1. The summed E-state index contributed by atoms with van der Waals surface area (Å²) >= 11 is 0. The quantitative estimate of drug-likeness (QED) is 0.863. The van der Waals surface area contributed by atoms with Crippen molar-refractivity contribution in [1.82, 2.24) is 4.31 Å². The summed E-state index contributed by atoms with van der Waals surface area (Å²) < 4.78 is 32.1. The van der Waals surface area contributed by atoms with Crippen LogP contribution in [0.25, 0.3) is 0 Å². The molecule has 1 saturated heterocycles. The smallest absolute Gasteiger partial charge is 0.303 e. The number of hydrogen-bond donors (Lipinski definition) is 1. The molecule has 0 spiro atoms. The van der Waals surface area contributed by atoms with Crippen molar-refractivity contribution >= 4 is 16.0 Å². The Morgan fingerprint density at radius 2 is 2.23 bits per heavy atom. The summed E-state index contributed by atoms with van der Waals surface area (Å²) in [5.74, 6) is -0.499. The standard InChI is InChI=1S/C15H21NO5S/c1-2-21-13-6-3-7-14(10-13)22(19,20)16-8-4-5-12(11-16)9-15(17)18/h3,6-7,10,12H,2,4-5,8-9,11H2,1H3,(H,17,18)/t12-/m1/s1. The van der Waals surface area contributed by atoms with E-state index in [0.29, 0.717) is 25.3 Å². The highest BCUT2D eigenvalue weighted by atomic mass is 32.2. The van der Waals surface area contributed by atoms with Crippen molar-refractivity contribution < 1.29 is 23.1 Å². The van der Waals surface area contributed by atoms with Gasteiger partial charge in [-0.25, -0.2) is 8.42 Å². The minimum absolute atomic E-state index is 0.00497. The van der Waals surface area contributed by atoms with Crippen LogP contribution in [0.5, 0.6) is 5.75 Å². The molecule has 6 nitrogen and oxygen atoms in total. The third kappa shape index (κ3) is 3.98. The second-order valence-electron chi connectivity index (χ2n) is 5.38. The summed E-state index contributed by atoms with van der Waals surface area (Å²) in [5.41, 5.74) is 0.